The maximum atomic E-state index is 12.5. The van der Waals surface area contributed by atoms with Crippen molar-refractivity contribution >= 4 is 11.7 Å². The van der Waals surface area contributed by atoms with E-state index in [0.717, 1.165) is 17.8 Å². The van der Waals surface area contributed by atoms with Crippen LogP contribution < -0.4 is 11.1 Å². The molecule has 1 aliphatic carbocycles. The van der Waals surface area contributed by atoms with Gasteiger partial charge in [-0.25, -0.2) is 4.68 Å². The lowest BCUT2D eigenvalue weighted by Gasteiger charge is -2.13. The molecule has 1 saturated carbocycles. The number of hydrogen-bond acceptors (Lipinski definition) is 4. The lowest BCUT2D eigenvalue weighted by Crippen LogP contribution is -2.30. The van der Waals surface area contributed by atoms with Gasteiger partial charge in [0.1, 0.15) is 11.9 Å². The van der Waals surface area contributed by atoms with Gasteiger partial charge in [0.15, 0.2) is 0 Å². The number of aromatic nitrogens is 2. The summed E-state index contributed by atoms with van der Waals surface area (Å²) in [7, 11) is 0. The van der Waals surface area contributed by atoms with Gasteiger partial charge in [-0.1, -0.05) is 18.2 Å². The fourth-order valence-corrected chi connectivity index (χ4v) is 3.11. The summed E-state index contributed by atoms with van der Waals surface area (Å²) in [6, 6.07) is 11.8. The first kappa shape index (κ1) is 15.4. The molecule has 2 heterocycles. The molecule has 6 heteroatoms. The van der Waals surface area contributed by atoms with Crippen LogP contribution in [0.15, 0.2) is 36.4 Å². The van der Waals surface area contributed by atoms with Gasteiger partial charge in [-0.2, -0.15) is 5.10 Å². The fraction of sp³-hybridized carbons (Fsp3) is 0.444. The van der Waals surface area contributed by atoms with E-state index in [4.69, 9.17) is 15.6 Å². The summed E-state index contributed by atoms with van der Waals surface area (Å²) in [6.07, 6.45) is 3.44. The van der Waals surface area contributed by atoms with Gasteiger partial charge in [-0.05, 0) is 37.8 Å². The number of carbonyl (C=O) groups is 1. The maximum absolute atomic E-state index is 12.5. The maximum Gasteiger partial charge on any atom is 0.254 e. The molecular weight excluding hydrogens is 304 g/mol. The molecule has 2 aromatic rings. The second-order valence-electron chi connectivity index (χ2n) is 6.53. The number of para-hydroxylation sites is 1. The predicted octanol–water partition coefficient (Wildman–Crippen LogP) is 2.19. The SMILES string of the molecule is NC[C@H]1CC[C@@H](C(=O)Nc2cc(C3CC3)nn2-c2ccccc2)O1. The molecule has 2 fully saturated rings. The van der Waals surface area contributed by atoms with Crippen LogP contribution in [-0.2, 0) is 9.53 Å². The number of hydrogen-bond donors (Lipinski definition) is 2. The first-order chi connectivity index (χ1) is 11.7. The average molecular weight is 326 g/mol. The highest BCUT2D eigenvalue weighted by Crippen LogP contribution is 2.40. The van der Waals surface area contributed by atoms with Gasteiger partial charge in [-0.3, -0.25) is 4.79 Å². The molecule has 126 valence electrons. The van der Waals surface area contributed by atoms with Crippen LogP contribution in [0.1, 0.15) is 37.3 Å². The van der Waals surface area contributed by atoms with Crippen molar-refractivity contribution in [3.63, 3.8) is 0 Å². The number of nitrogens with two attached hydrogens (primary N) is 1. The van der Waals surface area contributed by atoms with Crippen LogP contribution in [0.5, 0.6) is 0 Å². The number of amides is 1. The molecule has 2 aliphatic rings. The van der Waals surface area contributed by atoms with Crippen molar-refractivity contribution in [3.05, 3.63) is 42.1 Å². The van der Waals surface area contributed by atoms with E-state index in [0.29, 0.717) is 24.7 Å². The van der Waals surface area contributed by atoms with Crippen molar-refractivity contribution in [2.75, 3.05) is 11.9 Å². The molecule has 0 bridgehead atoms. The summed E-state index contributed by atoms with van der Waals surface area (Å²) in [5, 5.41) is 7.69. The zero-order chi connectivity index (χ0) is 16.5. The molecule has 6 nitrogen and oxygen atoms in total. The van der Waals surface area contributed by atoms with E-state index in [9.17, 15) is 4.79 Å². The van der Waals surface area contributed by atoms with E-state index >= 15 is 0 Å². The molecule has 1 aromatic carbocycles. The van der Waals surface area contributed by atoms with Gasteiger partial charge in [0.2, 0.25) is 0 Å². The molecule has 1 aromatic heterocycles. The van der Waals surface area contributed by atoms with Crippen LogP contribution in [-0.4, -0.2) is 34.4 Å². The lowest BCUT2D eigenvalue weighted by atomic mass is 10.2. The van der Waals surface area contributed by atoms with Crippen LogP contribution in [0.25, 0.3) is 5.69 Å². The highest BCUT2D eigenvalue weighted by molar-refractivity contribution is 5.94. The number of nitrogens with zero attached hydrogens (tertiary/aromatic N) is 2. The lowest BCUT2D eigenvalue weighted by molar-refractivity contribution is -0.126. The largest absolute Gasteiger partial charge is 0.364 e. The number of rotatable bonds is 5. The molecule has 2 atom stereocenters. The van der Waals surface area contributed by atoms with Gasteiger partial charge in [0, 0.05) is 18.5 Å². The summed E-state index contributed by atoms with van der Waals surface area (Å²) >= 11 is 0. The Balaban J connectivity index is 1.56. The second kappa shape index (κ2) is 6.37. The van der Waals surface area contributed by atoms with Gasteiger partial charge >= 0.3 is 0 Å². The number of nitrogens with one attached hydrogen (secondary N) is 1. The Bertz CT molecular complexity index is 724. The molecule has 0 spiro atoms. The predicted molar refractivity (Wildman–Crippen MR) is 91.1 cm³/mol. The quantitative estimate of drug-likeness (QED) is 0.882. The molecule has 24 heavy (non-hydrogen) atoms. The number of carbonyl (C=O) groups excluding carboxylic acids is 1. The zero-order valence-corrected chi connectivity index (χ0v) is 13.5. The molecule has 0 unspecified atom stereocenters. The topological polar surface area (TPSA) is 82.2 Å². The smallest absolute Gasteiger partial charge is 0.254 e. The van der Waals surface area contributed by atoms with Crippen LogP contribution >= 0.6 is 0 Å². The summed E-state index contributed by atoms with van der Waals surface area (Å²) in [4.78, 5) is 12.5. The highest BCUT2D eigenvalue weighted by Gasteiger charge is 2.32. The molecular formula is C18H22N4O2. The third kappa shape index (κ3) is 3.07. The summed E-state index contributed by atoms with van der Waals surface area (Å²) in [5.74, 6) is 1.10. The Morgan fingerprint density at radius 2 is 2.04 bits per heavy atom. The molecule has 0 radical (unpaired) electrons. The van der Waals surface area contributed by atoms with E-state index in [1.807, 2.05) is 36.4 Å². The third-order valence-electron chi connectivity index (χ3n) is 4.64. The Kier molecular flexibility index (Phi) is 4.08. The van der Waals surface area contributed by atoms with E-state index in [-0.39, 0.29) is 12.0 Å². The zero-order valence-electron chi connectivity index (χ0n) is 13.5. The van der Waals surface area contributed by atoms with E-state index in [2.05, 4.69) is 5.32 Å². The van der Waals surface area contributed by atoms with Crippen molar-refractivity contribution in [2.24, 2.45) is 5.73 Å². The Morgan fingerprint density at radius 3 is 2.71 bits per heavy atom. The molecule has 1 aliphatic heterocycles. The van der Waals surface area contributed by atoms with Crippen LogP contribution in [0.4, 0.5) is 5.82 Å². The minimum atomic E-state index is -0.429. The molecule has 3 N–H and O–H groups in total. The first-order valence-corrected chi connectivity index (χ1v) is 8.56. The van der Waals surface area contributed by atoms with E-state index in [1.54, 1.807) is 4.68 Å². The highest BCUT2D eigenvalue weighted by atomic mass is 16.5. The number of benzene rings is 1. The Labute approximate surface area is 141 Å². The molecule has 1 saturated heterocycles. The third-order valence-corrected chi connectivity index (χ3v) is 4.64. The van der Waals surface area contributed by atoms with E-state index < -0.39 is 6.10 Å². The summed E-state index contributed by atoms with van der Waals surface area (Å²) in [6.45, 7) is 0.456. The first-order valence-electron chi connectivity index (χ1n) is 8.56. The van der Waals surface area contributed by atoms with Gasteiger partial charge in [-0.15, -0.1) is 0 Å². The number of anilines is 1. The minimum absolute atomic E-state index is 0.0122. The van der Waals surface area contributed by atoms with Gasteiger partial charge < -0.3 is 15.8 Å². The van der Waals surface area contributed by atoms with Gasteiger partial charge in [0.05, 0.1) is 17.5 Å². The standard InChI is InChI=1S/C18H22N4O2/c19-11-14-8-9-16(24-14)18(23)20-17-10-15(12-6-7-12)21-22(17)13-4-2-1-3-5-13/h1-5,10,12,14,16H,6-9,11,19H2,(H,20,23)/t14-,16+/m1/s1. The fourth-order valence-electron chi connectivity index (χ4n) is 3.11. The Hall–Kier alpha value is -2.18. The van der Waals surface area contributed by atoms with Crippen molar-refractivity contribution in [1.82, 2.24) is 9.78 Å². The summed E-state index contributed by atoms with van der Waals surface area (Å²) < 4.78 is 7.50. The van der Waals surface area contributed by atoms with Crippen molar-refractivity contribution in [3.8, 4) is 5.69 Å². The van der Waals surface area contributed by atoms with Crippen molar-refractivity contribution in [2.45, 2.75) is 43.8 Å². The minimum Gasteiger partial charge on any atom is -0.364 e. The molecule has 1 amide bonds. The van der Waals surface area contributed by atoms with Crippen LogP contribution in [0.2, 0.25) is 0 Å². The second-order valence-corrected chi connectivity index (χ2v) is 6.53. The monoisotopic (exact) mass is 326 g/mol. The van der Waals surface area contributed by atoms with Crippen molar-refractivity contribution < 1.29 is 9.53 Å². The van der Waals surface area contributed by atoms with Crippen LogP contribution in [0, 0.1) is 0 Å². The van der Waals surface area contributed by atoms with Crippen molar-refractivity contribution in [1.29, 1.82) is 0 Å². The molecule has 4 rings (SSSR count). The Morgan fingerprint density at radius 1 is 1.25 bits per heavy atom. The van der Waals surface area contributed by atoms with E-state index in [1.165, 1.54) is 12.8 Å². The average Bonchev–Trinajstić information content (AvgIpc) is 3.20. The number of ether oxygens (including phenoxy) is 1. The van der Waals surface area contributed by atoms with Gasteiger partial charge in [0.25, 0.3) is 5.91 Å². The van der Waals surface area contributed by atoms with Crippen LogP contribution in [0.3, 0.4) is 0 Å². The summed E-state index contributed by atoms with van der Waals surface area (Å²) in [5.41, 5.74) is 7.60. The normalized spacial score (nSPS) is 23.4.